The zero-order chi connectivity index (χ0) is 12.7. The molecule has 0 aromatic carbocycles. The molecule has 0 spiro atoms. The lowest BCUT2D eigenvalue weighted by Gasteiger charge is -2.25. The third-order valence-corrected chi connectivity index (χ3v) is 3.72. The molecule has 0 radical (unpaired) electrons. The summed E-state index contributed by atoms with van der Waals surface area (Å²) in [4.78, 5) is 7.01. The summed E-state index contributed by atoms with van der Waals surface area (Å²) >= 11 is 1.76. The van der Waals surface area contributed by atoms with Gasteiger partial charge in [-0.15, -0.1) is 11.3 Å². The van der Waals surface area contributed by atoms with E-state index in [2.05, 4.69) is 36.0 Å². The molecule has 98 valence electrons. The highest BCUT2D eigenvalue weighted by molar-refractivity contribution is 7.09. The molecule has 1 aromatic heterocycles. The normalized spacial score (nSPS) is 11.6. The molecule has 1 N–H and O–H groups in total. The van der Waals surface area contributed by atoms with Gasteiger partial charge in [0.2, 0.25) is 0 Å². The fourth-order valence-corrected chi connectivity index (χ4v) is 2.64. The van der Waals surface area contributed by atoms with Crippen molar-refractivity contribution >= 4 is 11.3 Å². The Morgan fingerprint density at radius 2 is 2.24 bits per heavy atom. The Bertz CT molecular complexity index is 312. The lowest BCUT2D eigenvalue weighted by molar-refractivity contribution is 0.183. The first kappa shape index (κ1) is 14.6. The van der Waals surface area contributed by atoms with Crippen LogP contribution in [0.15, 0.2) is 5.38 Å². The average molecular weight is 256 g/mol. The van der Waals surface area contributed by atoms with Gasteiger partial charge in [-0.1, -0.05) is 6.92 Å². The van der Waals surface area contributed by atoms with Crippen molar-refractivity contribution in [2.24, 2.45) is 0 Å². The monoisotopic (exact) mass is 256 g/mol. The molecule has 0 bridgehead atoms. The molecular formula is C13H24N2OS. The molecule has 0 saturated carbocycles. The molecule has 0 aliphatic heterocycles. The summed E-state index contributed by atoms with van der Waals surface area (Å²) in [5.41, 5.74) is 1.17. The summed E-state index contributed by atoms with van der Waals surface area (Å²) < 4.78 is 0. The van der Waals surface area contributed by atoms with E-state index in [0.717, 1.165) is 32.4 Å². The number of aryl methyl sites for hydroxylation is 1. The smallest absolute Gasteiger partial charge is 0.0928 e. The Morgan fingerprint density at radius 1 is 1.47 bits per heavy atom. The summed E-state index contributed by atoms with van der Waals surface area (Å²) in [5, 5.41) is 12.3. The van der Waals surface area contributed by atoms with E-state index in [1.54, 1.807) is 11.3 Å². The number of aromatic nitrogens is 1. The van der Waals surface area contributed by atoms with Gasteiger partial charge in [0, 0.05) is 31.1 Å². The minimum atomic E-state index is 0.265. The minimum Gasteiger partial charge on any atom is -0.396 e. The number of aliphatic hydroxyl groups excluding tert-OH is 1. The van der Waals surface area contributed by atoms with E-state index < -0.39 is 0 Å². The predicted molar refractivity (Wildman–Crippen MR) is 73.4 cm³/mol. The lowest BCUT2D eigenvalue weighted by atomic mass is 10.2. The van der Waals surface area contributed by atoms with E-state index in [4.69, 9.17) is 5.11 Å². The molecule has 0 fully saturated rings. The van der Waals surface area contributed by atoms with Crippen molar-refractivity contribution in [2.45, 2.75) is 52.6 Å². The van der Waals surface area contributed by atoms with E-state index in [1.165, 1.54) is 10.7 Å². The van der Waals surface area contributed by atoms with Crippen LogP contribution >= 0.6 is 11.3 Å². The van der Waals surface area contributed by atoms with Crippen LogP contribution in [0.4, 0.5) is 0 Å². The summed E-state index contributed by atoms with van der Waals surface area (Å²) in [6.07, 6.45) is 3.08. The topological polar surface area (TPSA) is 36.4 Å². The highest BCUT2D eigenvalue weighted by Gasteiger charge is 2.11. The number of aliphatic hydroxyl groups is 1. The molecule has 0 saturated heterocycles. The van der Waals surface area contributed by atoms with Gasteiger partial charge in [-0.25, -0.2) is 4.98 Å². The zero-order valence-corrected chi connectivity index (χ0v) is 12.0. The fourth-order valence-electron chi connectivity index (χ4n) is 1.75. The van der Waals surface area contributed by atoms with Gasteiger partial charge in [-0.05, 0) is 33.1 Å². The molecule has 3 nitrogen and oxygen atoms in total. The number of hydrogen-bond acceptors (Lipinski definition) is 4. The Balaban J connectivity index is 2.52. The third-order valence-electron chi connectivity index (χ3n) is 2.76. The Labute approximate surface area is 108 Å². The van der Waals surface area contributed by atoms with Gasteiger partial charge in [0.15, 0.2) is 0 Å². The van der Waals surface area contributed by atoms with Crippen LogP contribution in [-0.4, -0.2) is 34.2 Å². The zero-order valence-electron chi connectivity index (χ0n) is 11.1. The minimum absolute atomic E-state index is 0.265. The predicted octanol–water partition coefficient (Wildman–Crippen LogP) is 2.69. The summed E-state index contributed by atoms with van der Waals surface area (Å²) in [6, 6.07) is 0.498. The van der Waals surface area contributed by atoms with Gasteiger partial charge >= 0.3 is 0 Å². The van der Waals surface area contributed by atoms with Crippen LogP contribution < -0.4 is 0 Å². The average Bonchev–Trinajstić information content (AvgIpc) is 2.72. The second-order valence-corrected chi connectivity index (χ2v) is 5.57. The van der Waals surface area contributed by atoms with Crippen LogP contribution in [0.25, 0.3) is 0 Å². The molecule has 1 aromatic rings. The quantitative estimate of drug-likeness (QED) is 0.777. The largest absolute Gasteiger partial charge is 0.396 e. The van der Waals surface area contributed by atoms with Crippen LogP contribution in [0.1, 0.15) is 44.3 Å². The molecule has 1 heterocycles. The lowest BCUT2D eigenvalue weighted by Crippen LogP contribution is -2.31. The van der Waals surface area contributed by atoms with E-state index in [1.807, 2.05) is 0 Å². The fraction of sp³-hybridized carbons (Fsp3) is 0.769. The first-order valence-electron chi connectivity index (χ1n) is 6.45. The molecule has 0 amide bonds. The van der Waals surface area contributed by atoms with Crippen molar-refractivity contribution in [3.05, 3.63) is 16.1 Å². The molecule has 0 unspecified atom stereocenters. The van der Waals surface area contributed by atoms with Gasteiger partial charge in [0.1, 0.15) is 0 Å². The Hall–Kier alpha value is -0.450. The van der Waals surface area contributed by atoms with E-state index in [9.17, 15) is 0 Å². The van der Waals surface area contributed by atoms with Crippen LogP contribution in [-0.2, 0) is 13.0 Å². The molecule has 0 aliphatic rings. The maximum atomic E-state index is 8.90. The molecule has 0 aliphatic carbocycles. The highest BCUT2D eigenvalue weighted by Crippen LogP contribution is 2.14. The molecule has 0 atom stereocenters. The van der Waals surface area contributed by atoms with Crippen LogP contribution in [0, 0.1) is 0 Å². The van der Waals surface area contributed by atoms with Crippen molar-refractivity contribution in [3.63, 3.8) is 0 Å². The van der Waals surface area contributed by atoms with Gasteiger partial charge in [-0.3, -0.25) is 4.90 Å². The Kier molecular flexibility index (Phi) is 6.70. The molecule has 17 heavy (non-hydrogen) atoms. The summed E-state index contributed by atoms with van der Waals surface area (Å²) in [7, 11) is 0. The van der Waals surface area contributed by atoms with E-state index in [-0.39, 0.29) is 6.61 Å². The molecule has 1 rings (SSSR count). The summed E-state index contributed by atoms with van der Waals surface area (Å²) in [5.74, 6) is 0. The van der Waals surface area contributed by atoms with Crippen molar-refractivity contribution in [1.82, 2.24) is 9.88 Å². The molecule has 4 heteroatoms. The second-order valence-electron chi connectivity index (χ2n) is 4.62. The van der Waals surface area contributed by atoms with Crippen LogP contribution in [0.5, 0.6) is 0 Å². The SMILES string of the molecule is CCCc1nc(CN(CCCO)C(C)C)cs1. The van der Waals surface area contributed by atoms with Gasteiger partial charge < -0.3 is 5.11 Å². The van der Waals surface area contributed by atoms with Crippen molar-refractivity contribution in [1.29, 1.82) is 0 Å². The maximum Gasteiger partial charge on any atom is 0.0928 e. The number of nitrogens with zero attached hydrogens (tertiary/aromatic N) is 2. The number of thiazole rings is 1. The Morgan fingerprint density at radius 3 is 2.82 bits per heavy atom. The van der Waals surface area contributed by atoms with Crippen molar-refractivity contribution in [3.8, 4) is 0 Å². The first-order valence-corrected chi connectivity index (χ1v) is 7.33. The second kappa shape index (κ2) is 7.80. The standard InChI is InChI=1S/C13H24N2OS/c1-4-6-13-14-12(10-17-13)9-15(11(2)3)7-5-8-16/h10-11,16H,4-9H2,1-3H3. The van der Waals surface area contributed by atoms with Gasteiger partial charge in [0.25, 0.3) is 0 Å². The van der Waals surface area contributed by atoms with Crippen molar-refractivity contribution < 1.29 is 5.11 Å². The van der Waals surface area contributed by atoms with E-state index >= 15 is 0 Å². The van der Waals surface area contributed by atoms with Crippen LogP contribution in [0.2, 0.25) is 0 Å². The third kappa shape index (κ3) is 5.15. The van der Waals surface area contributed by atoms with Crippen LogP contribution in [0.3, 0.4) is 0 Å². The van der Waals surface area contributed by atoms with Gasteiger partial charge in [-0.2, -0.15) is 0 Å². The molecular weight excluding hydrogens is 232 g/mol. The maximum absolute atomic E-state index is 8.90. The van der Waals surface area contributed by atoms with E-state index in [0.29, 0.717) is 6.04 Å². The summed E-state index contributed by atoms with van der Waals surface area (Å²) in [6.45, 7) is 8.67. The van der Waals surface area contributed by atoms with Gasteiger partial charge in [0.05, 0.1) is 10.7 Å². The number of hydrogen-bond donors (Lipinski definition) is 1. The number of rotatable bonds is 8. The first-order chi connectivity index (χ1) is 8.17. The highest BCUT2D eigenvalue weighted by atomic mass is 32.1. The van der Waals surface area contributed by atoms with Crippen molar-refractivity contribution in [2.75, 3.05) is 13.2 Å².